The van der Waals surface area contributed by atoms with Crippen LogP contribution in [0.5, 0.6) is 0 Å². The highest BCUT2D eigenvalue weighted by Gasteiger charge is 2.38. The lowest BCUT2D eigenvalue weighted by Crippen LogP contribution is -2.29. The molecule has 0 radical (unpaired) electrons. The first-order valence-electron chi connectivity index (χ1n) is 16.0. The number of aryl methyl sites for hydroxylation is 3. The van der Waals surface area contributed by atoms with Crippen LogP contribution in [-0.4, -0.2) is 98.8 Å². The zero-order valence-corrected chi connectivity index (χ0v) is 38.8. The number of carbonyl (C=O) groups is 1. The van der Waals surface area contributed by atoms with Gasteiger partial charge in [-0.05, 0) is 29.8 Å². The highest BCUT2D eigenvalue weighted by atomic mass is 79.9. The molecule has 0 amide bonds. The van der Waals surface area contributed by atoms with E-state index in [9.17, 15) is 34.2 Å². The van der Waals surface area contributed by atoms with Crippen LogP contribution in [0.15, 0.2) is 98.1 Å². The zero-order chi connectivity index (χ0) is 48.5. The average molecular weight is 1080 g/mol. The van der Waals surface area contributed by atoms with Crippen LogP contribution in [0.2, 0.25) is 0 Å². The number of pyridine rings is 4. The molecule has 0 aromatic carbocycles. The quantitative estimate of drug-likeness (QED) is 0.0421. The van der Waals surface area contributed by atoms with Crippen molar-refractivity contribution in [2.45, 2.75) is 52.8 Å². The summed E-state index contributed by atoms with van der Waals surface area (Å²) >= 11 is 7.52. The molecule has 0 saturated carbocycles. The summed E-state index contributed by atoms with van der Waals surface area (Å²) in [7, 11) is -5.32. The number of nitrogens with zero attached hydrogens (tertiary/aromatic N) is 4. The number of aliphatic carboxylic acids is 1. The Balaban J connectivity index is -0.000000116. The van der Waals surface area contributed by atoms with Crippen LogP contribution in [0.25, 0.3) is 0 Å². The molecular formula is C36H65BrF3N4O16S4+3. The molecule has 0 aliphatic carbocycles. The van der Waals surface area contributed by atoms with Crippen molar-refractivity contribution in [3.05, 3.63) is 120 Å². The molecule has 0 aliphatic rings. The van der Waals surface area contributed by atoms with E-state index in [1.165, 1.54) is 11.1 Å². The standard InChI is InChI=1S/C7H9BrN.C7H10NO.C7H9NS.C6H7NO.C2HF3O2.C2H8O4S.2CH4O4S.3CH4/c1-9-4-2-3-7(5-8)6-9;2*1-8-4-2-3-7(5-8)6-9;8-5-6-2-1-3-7-4-6;3-2(4,5)1(6)7;1-7(2,4,5)6-3;2*1-6(3,4)5-2;;;/h2-4,6H,5H2,1H3;2-5,9H,6H2,1H3;2-5H,6H2,1H3;1-4,8H,5H2;(H,6,7);3H,1-2H3,(H,4,5);2*2H,1H3;3*1H4/q2*+1;;;;;;;;;/p+1. The number of carboxylic acid groups (broad SMARTS) is 1. The van der Waals surface area contributed by atoms with Gasteiger partial charge in [0.1, 0.15) is 30.8 Å². The van der Waals surface area contributed by atoms with Gasteiger partial charge in [0, 0.05) is 70.9 Å². The molecular weight excluding hydrogens is 1010 g/mol. The van der Waals surface area contributed by atoms with Crippen LogP contribution in [-0.2, 0) is 93.1 Å². The van der Waals surface area contributed by atoms with Gasteiger partial charge >= 0.3 is 12.1 Å². The highest BCUT2D eigenvalue weighted by Crippen LogP contribution is 2.13. The van der Waals surface area contributed by atoms with Crippen LogP contribution in [0.3, 0.4) is 0 Å². The van der Waals surface area contributed by atoms with Gasteiger partial charge in [-0.25, -0.2) is 38.5 Å². The Labute approximate surface area is 388 Å². The topological polar surface area (TPSA) is 296 Å². The first-order valence-corrected chi connectivity index (χ1v) is 24.0. The summed E-state index contributed by atoms with van der Waals surface area (Å²) in [6.45, 7) is 0.197. The first kappa shape index (κ1) is 74.7. The van der Waals surface area contributed by atoms with Crippen molar-refractivity contribution in [1.82, 2.24) is 4.98 Å². The van der Waals surface area contributed by atoms with E-state index in [1.54, 1.807) is 18.5 Å². The molecule has 7 N–H and O–H groups in total. The Morgan fingerprint density at radius 3 is 1.22 bits per heavy atom. The lowest BCUT2D eigenvalue weighted by molar-refractivity contribution is -0.672. The minimum Gasteiger partial charge on any atom is -0.475 e. The van der Waals surface area contributed by atoms with E-state index < -0.39 is 42.0 Å². The third-order valence-corrected chi connectivity index (χ3v) is 7.13. The molecule has 28 heteroatoms. The number of aromatic nitrogens is 4. The summed E-state index contributed by atoms with van der Waals surface area (Å²) < 4.78 is 103. The maximum Gasteiger partial charge on any atom is 0.490 e. The van der Waals surface area contributed by atoms with Gasteiger partial charge in [-0.2, -0.15) is 42.6 Å². The number of aliphatic hydroxyl groups excluding tert-OH is 2. The Morgan fingerprint density at radius 1 is 0.750 bits per heavy atom. The Morgan fingerprint density at radius 2 is 1.05 bits per heavy atom. The Bertz CT molecular complexity index is 1940. The van der Waals surface area contributed by atoms with E-state index in [-0.39, 0.29) is 35.5 Å². The lowest BCUT2D eigenvalue weighted by atomic mass is 10.3. The minimum atomic E-state index is -5.08. The van der Waals surface area contributed by atoms with Gasteiger partial charge in [-0.15, -0.1) is 13.0 Å². The second-order valence-corrected chi connectivity index (χ2v) is 19.1. The maximum atomic E-state index is 10.6. The average Bonchev–Trinajstić information content (AvgIpc) is 3.18. The van der Waals surface area contributed by atoms with E-state index in [2.05, 4.69) is 71.1 Å². The van der Waals surface area contributed by atoms with Crippen molar-refractivity contribution in [2.75, 3.05) is 25.0 Å². The SMILES string of the molecule is C.C.C.CS(=O)(=O)OO.CS(=O)(=O)OO.CS(C)(=O)(O)OO.C[n+]1cccc(CBr)c1.C[n+]1cccc(CO)c1.C[n+]1cccc(CS)c1.O=C(O)C(F)(F)F.OCc1cccnc1. The number of hydrogen-bond acceptors (Lipinski definition) is 16. The molecule has 0 saturated heterocycles. The zero-order valence-electron chi connectivity index (χ0n) is 33.8. The second-order valence-electron chi connectivity index (χ2n) is 11.7. The molecule has 20 nitrogen and oxygen atoms in total. The number of aliphatic hydroxyl groups is 2. The van der Waals surface area contributed by atoms with Crippen LogP contribution in [0.1, 0.15) is 44.5 Å². The van der Waals surface area contributed by atoms with Gasteiger partial charge in [-0.3, -0.25) is 4.98 Å². The van der Waals surface area contributed by atoms with Crippen molar-refractivity contribution >= 4 is 64.4 Å². The number of halogens is 4. The smallest absolute Gasteiger partial charge is 0.475 e. The second kappa shape index (κ2) is 38.6. The lowest BCUT2D eigenvalue weighted by Gasteiger charge is -2.20. The van der Waals surface area contributed by atoms with E-state index >= 15 is 0 Å². The van der Waals surface area contributed by atoms with Gasteiger partial charge in [0.25, 0.3) is 20.2 Å². The molecule has 64 heavy (non-hydrogen) atoms. The number of thiol groups is 1. The normalized spacial score (nSPS) is 10.6. The minimum absolute atomic E-state index is 0. The van der Waals surface area contributed by atoms with Gasteiger partial charge in [0.05, 0.1) is 25.7 Å². The molecule has 4 rings (SSSR count). The van der Waals surface area contributed by atoms with Gasteiger partial charge in [0.15, 0.2) is 37.2 Å². The maximum absolute atomic E-state index is 10.6. The van der Waals surface area contributed by atoms with Gasteiger partial charge in [-0.1, -0.05) is 44.3 Å². The van der Waals surface area contributed by atoms with E-state index in [0.717, 1.165) is 47.2 Å². The van der Waals surface area contributed by atoms with E-state index in [0.29, 0.717) is 0 Å². The molecule has 0 aliphatic heterocycles. The fraction of sp³-hybridized carbons (Fsp3) is 0.417. The third kappa shape index (κ3) is 56.4. The molecule has 0 spiro atoms. The van der Waals surface area contributed by atoms with Crippen molar-refractivity contribution in [3.63, 3.8) is 0 Å². The molecule has 0 fully saturated rings. The van der Waals surface area contributed by atoms with Crippen LogP contribution in [0.4, 0.5) is 13.2 Å². The van der Waals surface area contributed by atoms with Gasteiger partial charge < -0.3 is 19.9 Å². The summed E-state index contributed by atoms with van der Waals surface area (Å²) in [6, 6.07) is 15.6. The molecule has 4 heterocycles. The number of alkyl halides is 4. The van der Waals surface area contributed by atoms with Crippen molar-refractivity contribution in [2.24, 2.45) is 21.1 Å². The van der Waals surface area contributed by atoms with Crippen LogP contribution in [0, 0.1) is 0 Å². The summed E-state index contributed by atoms with van der Waals surface area (Å²) in [4.78, 5) is 12.7. The van der Waals surface area contributed by atoms with Gasteiger partial charge in [0.2, 0.25) is 0 Å². The fourth-order valence-corrected chi connectivity index (χ4v) is 3.23. The number of rotatable bonds is 7. The van der Waals surface area contributed by atoms with Crippen LogP contribution >= 0.6 is 28.6 Å². The monoisotopic (exact) mass is 1070 g/mol. The number of carboxylic acids is 1. The van der Waals surface area contributed by atoms with Crippen LogP contribution < -0.4 is 13.7 Å². The Kier molecular flexibility index (Phi) is 45.1. The Hall–Kier alpha value is -3.62. The number of hydrogen-bond donors (Lipinski definition) is 8. The molecule has 4 aromatic heterocycles. The molecule has 374 valence electrons. The largest absolute Gasteiger partial charge is 0.490 e. The van der Waals surface area contributed by atoms with Crippen molar-refractivity contribution in [3.8, 4) is 0 Å². The van der Waals surface area contributed by atoms with Crippen molar-refractivity contribution < 1.29 is 101 Å². The predicted octanol–water partition coefficient (Wildman–Crippen LogP) is 4.28. The fourth-order valence-electron chi connectivity index (χ4n) is 2.71. The molecule has 0 atom stereocenters. The first-order chi connectivity index (χ1) is 27.8. The summed E-state index contributed by atoms with van der Waals surface area (Å²) in [5, 5.41) is 47.5. The van der Waals surface area contributed by atoms with E-state index in [1.807, 2.05) is 90.0 Å². The highest BCUT2D eigenvalue weighted by molar-refractivity contribution is 9.08. The molecule has 0 bridgehead atoms. The summed E-state index contributed by atoms with van der Waals surface area (Å²) in [5.74, 6) is -1.94. The predicted molar refractivity (Wildman–Crippen MR) is 242 cm³/mol. The molecule has 0 unspecified atom stereocenters. The van der Waals surface area contributed by atoms with Crippen molar-refractivity contribution in [1.29, 1.82) is 0 Å². The van der Waals surface area contributed by atoms with E-state index in [4.69, 9.17) is 40.4 Å². The summed E-state index contributed by atoms with van der Waals surface area (Å²) in [5.41, 5.74) is 4.36. The third-order valence-electron chi connectivity index (χ3n) is 5.15. The summed E-state index contributed by atoms with van der Waals surface area (Å²) in [6.07, 6.45) is 13.5. The molecule has 4 aromatic rings.